The van der Waals surface area contributed by atoms with Crippen molar-refractivity contribution in [2.75, 3.05) is 13.7 Å². The highest BCUT2D eigenvalue weighted by molar-refractivity contribution is 7.89. The quantitative estimate of drug-likeness (QED) is 0.706. The Hall–Kier alpha value is -1.20. The summed E-state index contributed by atoms with van der Waals surface area (Å²) in [5.74, 6) is -0.265. The van der Waals surface area contributed by atoms with Crippen LogP contribution in [-0.4, -0.2) is 35.1 Å². The monoisotopic (exact) mass is 310 g/mol. The molecule has 19 heavy (non-hydrogen) atoms. The first-order valence-corrected chi connectivity index (χ1v) is 7.89. The topological polar surface area (TPSA) is 144 Å². The lowest BCUT2D eigenvalue weighted by Gasteiger charge is -2.14. The molecule has 0 unspecified atom stereocenters. The van der Waals surface area contributed by atoms with Crippen LogP contribution in [0.1, 0.15) is 5.56 Å². The van der Waals surface area contributed by atoms with E-state index in [2.05, 4.69) is 0 Å². The van der Waals surface area contributed by atoms with E-state index in [-0.39, 0.29) is 11.3 Å². The van der Waals surface area contributed by atoms with Crippen LogP contribution in [0, 0.1) is 0 Å². The number of rotatable bonds is 5. The second-order valence-corrected chi connectivity index (χ2v) is 6.44. The van der Waals surface area contributed by atoms with Crippen molar-refractivity contribution >= 4 is 20.1 Å². The van der Waals surface area contributed by atoms with Crippen LogP contribution in [0.5, 0.6) is 5.75 Å². The molecule has 0 amide bonds. The Bertz CT molecular complexity index is 679. The summed E-state index contributed by atoms with van der Waals surface area (Å²) in [6.45, 7) is -0.780. The summed E-state index contributed by atoms with van der Waals surface area (Å²) in [6.07, 6.45) is -0.432. The minimum Gasteiger partial charge on any atom is -0.495 e. The van der Waals surface area contributed by atoms with Crippen molar-refractivity contribution < 1.29 is 31.2 Å². The van der Waals surface area contributed by atoms with Crippen LogP contribution in [0.3, 0.4) is 0 Å². The number of ether oxygens (including phenoxy) is 1. The summed E-state index contributed by atoms with van der Waals surface area (Å²) >= 11 is 0. The van der Waals surface area contributed by atoms with Crippen LogP contribution in [0.25, 0.3) is 0 Å². The third kappa shape index (κ3) is 3.42. The summed E-state index contributed by atoms with van der Waals surface area (Å²) in [4.78, 5) is -1.28. The van der Waals surface area contributed by atoms with Crippen molar-refractivity contribution in [1.82, 2.24) is 0 Å². The molecule has 0 atom stereocenters. The zero-order valence-corrected chi connectivity index (χ0v) is 11.5. The van der Waals surface area contributed by atoms with Gasteiger partial charge in [-0.2, -0.15) is 8.42 Å². The maximum atomic E-state index is 11.4. The molecule has 0 aliphatic carbocycles. The molecule has 1 radical (unpaired) electrons. The van der Waals surface area contributed by atoms with Gasteiger partial charge in [0.25, 0.3) is 10.1 Å². The second kappa shape index (κ2) is 5.43. The minimum absolute atomic E-state index is 0.265. The summed E-state index contributed by atoms with van der Waals surface area (Å²) in [7, 11) is -7.86. The molecule has 10 heteroatoms. The normalized spacial score (nSPS) is 12.4. The third-order valence-electron chi connectivity index (χ3n) is 2.32. The molecule has 0 bridgehead atoms. The molecule has 0 aliphatic heterocycles. The first-order chi connectivity index (χ1) is 8.62. The number of primary sulfonamides is 1. The lowest BCUT2D eigenvalue weighted by Crippen LogP contribution is -2.18. The summed E-state index contributed by atoms with van der Waals surface area (Å²) < 4.78 is 59.3. The fraction of sp³-hybridized carbons (Fsp3) is 0.333. The van der Waals surface area contributed by atoms with E-state index in [0.717, 1.165) is 19.2 Å². The van der Waals surface area contributed by atoms with E-state index in [4.69, 9.17) is 14.4 Å². The zero-order valence-electron chi connectivity index (χ0n) is 9.86. The molecule has 0 saturated carbocycles. The van der Waals surface area contributed by atoms with Crippen molar-refractivity contribution in [3.8, 4) is 5.75 Å². The van der Waals surface area contributed by atoms with Crippen LogP contribution in [0.4, 0.5) is 0 Å². The minimum atomic E-state index is -4.77. The lowest BCUT2D eigenvalue weighted by atomic mass is 10.1. The average molecular weight is 310 g/mol. The van der Waals surface area contributed by atoms with Crippen molar-refractivity contribution in [2.45, 2.75) is 16.2 Å². The zero-order chi connectivity index (χ0) is 14.8. The Morgan fingerprint density at radius 3 is 2.21 bits per heavy atom. The Kier molecular flexibility index (Phi) is 4.53. The third-order valence-corrected chi connectivity index (χ3v) is 4.28. The molecule has 1 rings (SSSR count). The van der Waals surface area contributed by atoms with E-state index >= 15 is 0 Å². The maximum absolute atomic E-state index is 11.4. The first kappa shape index (κ1) is 15.9. The van der Waals surface area contributed by atoms with Crippen LogP contribution in [0.2, 0.25) is 0 Å². The van der Waals surface area contributed by atoms with Gasteiger partial charge in [-0.3, -0.25) is 4.55 Å². The maximum Gasteiger partial charge on any atom is 0.298 e. The highest BCUT2D eigenvalue weighted by Gasteiger charge is 2.27. The largest absolute Gasteiger partial charge is 0.495 e. The number of hydrogen-bond donors (Lipinski definition) is 2. The fourth-order valence-corrected chi connectivity index (χ4v) is 3.44. The Labute approximate surface area is 110 Å². The molecule has 1 aromatic carbocycles. The van der Waals surface area contributed by atoms with Gasteiger partial charge in [-0.15, -0.1) is 0 Å². The molecule has 1 aromatic rings. The molecular formula is C9H12NO7S2. The number of benzene rings is 1. The van der Waals surface area contributed by atoms with Crippen molar-refractivity contribution in [3.05, 3.63) is 17.7 Å². The Balaban J connectivity index is 3.84. The van der Waals surface area contributed by atoms with Gasteiger partial charge in [0.2, 0.25) is 10.0 Å². The molecule has 107 valence electrons. The number of hydrogen-bond acceptors (Lipinski definition) is 5. The van der Waals surface area contributed by atoms with E-state index in [1.165, 1.54) is 0 Å². The van der Waals surface area contributed by atoms with E-state index in [0.29, 0.717) is 0 Å². The van der Waals surface area contributed by atoms with Gasteiger partial charge in [0.05, 0.1) is 18.6 Å². The standard InChI is InChI=1S/C9H12NO7S2/c1-17-7-2-3-8(18(10,12)13)6(4-5-11)9(7)19(14,15)16/h2-3H,4-5H2,1H3,(H2,10,12,13)(H,14,15,16). The van der Waals surface area contributed by atoms with Gasteiger partial charge in [-0.25, -0.2) is 18.7 Å². The second-order valence-electron chi connectivity index (χ2n) is 3.55. The van der Waals surface area contributed by atoms with Gasteiger partial charge in [0.1, 0.15) is 10.6 Å². The number of nitrogens with two attached hydrogens (primary N) is 1. The van der Waals surface area contributed by atoms with E-state index < -0.39 is 43.0 Å². The van der Waals surface area contributed by atoms with Crippen molar-refractivity contribution in [3.63, 3.8) is 0 Å². The highest BCUT2D eigenvalue weighted by Crippen LogP contribution is 2.32. The molecule has 8 nitrogen and oxygen atoms in total. The molecular weight excluding hydrogens is 298 g/mol. The summed E-state index contributed by atoms with van der Waals surface area (Å²) in [6, 6.07) is 2.06. The predicted molar refractivity (Wildman–Crippen MR) is 63.4 cm³/mol. The van der Waals surface area contributed by atoms with E-state index in [1.54, 1.807) is 0 Å². The van der Waals surface area contributed by atoms with Crippen LogP contribution >= 0.6 is 0 Å². The van der Waals surface area contributed by atoms with Crippen molar-refractivity contribution in [2.24, 2.45) is 5.14 Å². The molecule has 3 N–H and O–H groups in total. The van der Waals surface area contributed by atoms with Crippen LogP contribution in [-0.2, 0) is 31.7 Å². The summed E-state index contributed by atoms with van der Waals surface area (Å²) in [5, 5.41) is 15.6. The molecule has 0 aromatic heterocycles. The lowest BCUT2D eigenvalue weighted by molar-refractivity contribution is 0.195. The van der Waals surface area contributed by atoms with Crippen LogP contribution in [0.15, 0.2) is 21.9 Å². The SMILES string of the molecule is COc1ccc(S(N)(=O)=O)c(CC[O])c1S(=O)(=O)O. The molecule has 0 aliphatic rings. The van der Waals surface area contributed by atoms with E-state index in [9.17, 15) is 21.9 Å². The van der Waals surface area contributed by atoms with Gasteiger partial charge >= 0.3 is 0 Å². The smallest absolute Gasteiger partial charge is 0.298 e. The Morgan fingerprint density at radius 2 is 1.84 bits per heavy atom. The fourth-order valence-electron chi connectivity index (χ4n) is 1.64. The summed E-state index contributed by atoms with van der Waals surface area (Å²) in [5.41, 5.74) is -0.376. The average Bonchev–Trinajstić information content (AvgIpc) is 2.25. The van der Waals surface area contributed by atoms with Gasteiger partial charge in [0.15, 0.2) is 0 Å². The Morgan fingerprint density at radius 1 is 1.26 bits per heavy atom. The predicted octanol–water partition coefficient (Wildman–Crippen LogP) is -0.438. The molecule has 0 heterocycles. The molecule has 0 spiro atoms. The number of methoxy groups -OCH3 is 1. The number of sulfonamides is 1. The van der Waals surface area contributed by atoms with Crippen molar-refractivity contribution in [1.29, 1.82) is 0 Å². The molecule has 0 fully saturated rings. The van der Waals surface area contributed by atoms with Gasteiger partial charge in [0, 0.05) is 6.42 Å². The van der Waals surface area contributed by atoms with Crippen LogP contribution < -0.4 is 9.88 Å². The van der Waals surface area contributed by atoms with Gasteiger partial charge in [-0.05, 0) is 17.7 Å². The highest BCUT2D eigenvalue weighted by atomic mass is 32.2. The molecule has 0 saturated heterocycles. The first-order valence-electron chi connectivity index (χ1n) is 4.91. The van der Waals surface area contributed by atoms with Gasteiger partial charge < -0.3 is 4.74 Å². The van der Waals surface area contributed by atoms with E-state index in [1.807, 2.05) is 0 Å². The van der Waals surface area contributed by atoms with Gasteiger partial charge in [-0.1, -0.05) is 0 Å².